The Morgan fingerprint density at radius 3 is 1.47 bits per heavy atom. The van der Waals surface area contributed by atoms with Gasteiger partial charge in [-0.1, -0.05) is 115 Å². The second-order valence-corrected chi connectivity index (χ2v) is 13.4. The van der Waals surface area contributed by atoms with Crippen LogP contribution < -0.4 is 0 Å². The molecule has 0 spiro atoms. The molecule has 0 N–H and O–H groups in total. The number of aromatic nitrogens is 2. The van der Waals surface area contributed by atoms with Crippen LogP contribution in [0, 0.1) is 0 Å². The van der Waals surface area contributed by atoms with E-state index in [2.05, 4.69) is 179 Å². The number of furan rings is 1. The van der Waals surface area contributed by atoms with Gasteiger partial charge in [-0.05, 0) is 82.9 Å². The van der Waals surface area contributed by atoms with Crippen molar-refractivity contribution in [2.24, 2.45) is 0 Å². The summed E-state index contributed by atoms with van der Waals surface area (Å²) < 4.78 is 11.1. The summed E-state index contributed by atoms with van der Waals surface area (Å²) in [5, 5.41) is 7.19. The zero-order chi connectivity index (χ0) is 33.5. The minimum atomic E-state index is 0.896. The van der Waals surface area contributed by atoms with Crippen LogP contribution in [0.15, 0.2) is 186 Å². The van der Waals surface area contributed by atoms with Gasteiger partial charge in [-0.25, -0.2) is 0 Å². The molecule has 238 valence electrons. The van der Waals surface area contributed by atoms with Gasteiger partial charge in [0.05, 0.1) is 22.1 Å². The highest BCUT2D eigenvalue weighted by Gasteiger charge is 2.19. The molecule has 3 aromatic heterocycles. The average Bonchev–Trinajstić information content (AvgIpc) is 3.84. The van der Waals surface area contributed by atoms with Gasteiger partial charge in [-0.15, -0.1) is 0 Å². The Morgan fingerprint density at radius 1 is 0.275 bits per heavy atom. The summed E-state index contributed by atoms with van der Waals surface area (Å²) in [5.74, 6) is 0. The van der Waals surface area contributed by atoms with Gasteiger partial charge in [0.15, 0.2) is 0 Å². The number of rotatable bonds is 4. The topological polar surface area (TPSA) is 23.0 Å². The van der Waals surface area contributed by atoms with Gasteiger partial charge in [0.2, 0.25) is 0 Å². The fourth-order valence-electron chi connectivity index (χ4n) is 8.15. The Morgan fingerprint density at radius 2 is 0.784 bits per heavy atom. The fraction of sp³-hybridized carbons (Fsp3) is 0. The van der Waals surface area contributed by atoms with Crippen LogP contribution in [-0.2, 0) is 0 Å². The predicted octanol–water partition coefficient (Wildman–Crippen LogP) is 13.1. The molecule has 0 amide bonds. The molecular weight excluding hydrogens is 621 g/mol. The number of hydrogen-bond acceptors (Lipinski definition) is 1. The van der Waals surface area contributed by atoms with Crippen LogP contribution in [0.1, 0.15) is 0 Å². The summed E-state index contributed by atoms with van der Waals surface area (Å²) >= 11 is 0. The maximum atomic E-state index is 6.34. The fourth-order valence-corrected chi connectivity index (χ4v) is 8.15. The SMILES string of the molecule is c1ccc(-c2cccc(-c3ccc(-n4c5ccccc5c5cc6c(cc54)c4ccccc4n6-c4ccc5c(c4)oc4ccccc45)cc3)c2)cc1. The van der Waals surface area contributed by atoms with Crippen LogP contribution in [-0.4, -0.2) is 9.13 Å². The van der Waals surface area contributed by atoms with Crippen LogP contribution in [0.2, 0.25) is 0 Å². The predicted molar refractivity (Wildman–Crippen MR) is 213 cm³/mol. The number of para-hydroxylation sites is 3. The van der Waals surface area contributed by atoms with Crippen molar-refractivity contribution in [3.63, 3.8) is 0 Å². The van der Waals surface area contributed by atoms with Crippen LogP contribution >= 0.6 is 0 Å². The Labute approximate surface area is 293 Å². The molecule has 8 aromatic carbocycles. The molecule has 11 rings (SSSR count). The van der Waals surface area contributed by atoms with Gasteiger partial charge in [0, 0.05) is 49.8 Å². The molecule has 0 bridgehead atoms. The molecule has 3 heteroatoms. The summed E-state index contributed by atoms with van der Waals surface area (Å²) in [4.78, 5) is 0. The van der Waals surface area contributed by atoms with Gasteiger partial charge in [-0.2, -0.15) is 0 Å². The molecule has 0 unspecified atom stereocenters. The Balaban J connectivity index is 1.10. The van der Waals surface area contributed by atoms with Gasteiger partial charge >= 0.3 is 0 Å². The summed E-state index contributed by atoms with van der Waals surface area (Å²) in [7, 11) is 0. The molecule has 0 radical (unpaired) electrons. The quantitative estimate of drug-likeness (QED) is 0.186. The smallest absolute Gasteiger partial charge is 0.137 e. The van der Waals surface area contributed by atoms with Crippen molar-refractivity contribution in [1.29, 1.82) is 0 Å². The van der Waals surface area contributed by atoms with E-state index in [1.807, 2.05) is 12.1 Å². The molecule has 11 aromatic rings. The molecular formula is C48H30N2O. The molecule has 3 heterocycles. The van der Waals surface area contributed by atoms with Crippen LogP contribution in [0.5, 0.6) is 0 Å². The number of fused-ring (bicyclic) bond motifs is 9. The molecule has 51 heavy (non-hydrogen) atoms. The van der Waals surface area contributed by atoms with Crippen molar-refractivity contribution in [3.05, 3.63) is 182 Å². The van der Waals surface area contributed by atoms with E-state index in [0.717, 1.165) is 33.3 Å². The van der Waals surface area contributed by atoms with Gasteiger partial charge < -0.3 is 13.6 Å². The normalized spacial score (nSPS) is 11.9. The highest BCUT2D eigenvalue weighted by Crippen LogP contribution is 2.41. The highest BCUT2D eigenvalue weighted by molar-refractivity contribution is 6.19. The molecule has 0 saturated carbocycles. The van der Waals surface area contributed by atoms with Crippen LogP contribution in [0.3, 0.4) is 0 Å². The third-order valence-corrected chi connectivity index (χ3v) is 10.5. The molecule has 0 saturated heterocycles. The highest BCUT2D eigenvalue weighted by atomic mass is 16.3. The summed E-state index contributed by atoms with van der Waals surface area (Å²) in [6.07, 6.45) is 0. The maximum absolute atomic E-state index is 6.34. The molecule has 0 aliphatic heterocycles. The van der Waals surface area contributed by atoms with Crippen molar-refractivity contribution in [3.8, 4) is 33.6 Å². The second-order valence-electron chi connectivity index (χ2n) is 13.4. The number of benzene rings is 8. The summed E-state index contributed by atoms with van der Waals surface area (Å²) in [6, 6.07) is 65.5. The third kappa shape index (κ3) is 4.25. The monoisotopic (exact) mass is 650 g/mol. The largest absolute Gasteiger partial charge is 0.456 e. The van der Waals surface area contributed by atoms with Crippen LogP contribution in [0.25, 0.3) is 99.2 Å². The van der Waals surface area contributed by atoms with E-state index in [4.69, 9.17) is 4.42 Å². The van der Waals surface area contributed by atoms with E-state index in [-0.39, 0.29) is 0 Å². The van der Waals surface area contributed by atoms with Crippen LogP contribution in [0.4, 0.5) is 0 Å². The first-order valence-electron chi connectivity index (χ1n) is 17.4. The van der Waals surface area contributed by atoms with Crippen molar-refractivity contribution in [1.82, 2.24) is 9.13 Å². The molecule has 3 nitrogen and oxygen atoms in total. The van der Waals surface area contributed by atoms with E-state index in [0.29, 0.717) is 0 Å². The minimum Gasteiger partial charge on any atom is -0.456 e. The summed E-state index contributed by atoms with van der Waals surface area (Å²) in [5.41, 5.74) is 13.6. The Kier molecular flexibility index (Phi) is 5.96. The standard InChI is InChI=1S/C48H30N2O/c1-2-11-31(12-3-1)33-13-10-14-34(27-33)32-21-23-35(24-22-32)49-43-18-7-4-15-37(43)41-30-46-42(29-45(41)49)38-16-5-8-19-44(38)50(46)36-25-26-40-39-17-6-9-20-47(39)51-48(40)28-36/h1-30H. The van der Waals surface area contributed by atoms with Crippen molar-refractivity contribution in [2.75, 3.05) is 0 Å². The number of hydrogen-bond donors (Lipinski definition) is 0. The molecule has 0 atom stereocenters. The first kappa shape index (κ1) is 28.0. The van der Waals surface area contributed by atoms with Gasteiger partial charge in [0.25, 0.3) is 0 Å². The van der Waals surface area contributed by atoms with Crippen molar-refractivity contribution < 1.29 is 4.42 Å². The Bertz CT molecular complexity index is 3120. The first-order chi connectivity index (χ1) is 25.3. The summed E-state index contributed by atoms with van der Waals surface area (Å²) in [6.45, 7) is 0. The zero-order valence-electron chi connectivity index (χ0n) is 27.6. The second kappa shape index (κ2) is 10.8. The molecule has 0 fully saturated rings. The lowest BCUT2D eigenvalue weighted by molar-refractivity contribution is 0.668. The lowest BCUT2D eigenvalue weighted by Gasteiger charge is -2.11. The van der Waals surface area contributed by atoms with Crippen molar-refractivity contribution in [2.45, 2.75) is 0 Å². The van der Waals surface area contributed by atoms with E-state index >= 15 is 0 Å². The lowest BCUT2D eigenvalue weighted by Crippen LogP contribution is -1.95. The first-order valence-corrected chi connectivity index (χ1v) is 17.4. The average molecular weight is 651 g/mol. The minimum absolute atomic E-state index is 0.896. The lowest BCUT2D eigenvalue weighted by atomic mass is 9.99. The maximum Gasteiger partial charge on any atom is 0.137 e. The van der Waals surface area contributed by atoms with E-state index in [1.54, 1.807) is 0 Å². The number of nitrogens with zero attached hydrogens (tertiary/aromatic N) is 2. The van der Waals surface area contributed by atoms with E-state index in [9.17, 15) is 0 Å². The molecule has 0 aliphatic rings. The van der Waals surface area contributed by atoms with Crippen molar-refractivity contribution >= 4 is 65.6 Å². The Hall–Kier alpha value is -6.84. The third-order valence-electron chi connectivity index (χ3n) is 10.5. The zero-order valence-corrected chi connectivity index (χ0v) is 27.6. The van der Waals surface area contributed by atoms with Gasteiger partial charge in [0.1, 0.15) is 11.2 Å². The van der Waals surface area contributed by atoms with E-state index in [1.165, 1.54) is 65.9 Å². The molecule has 0 aliphatic carbocycles. The van der Waals surface area contributed by atoms with Gasteiger partial charge in [-0.3, -0.25) is 0 Å². The van der Waals surface area contributed by atoms with E-state index < -0.39 is 0 Å².